The number of carboxylic acid groups (broad SMARTS) is 1. The summed E-state index contributed by atoms with van der Waals surface area (Å²) in [6, 6.07) is 7.48. The van der Waals surface area contributed by atoms with Crippen molar-refractivity contribution in [2.75, 3.05) is 4.90 Å². The van der Waals surface area contributed by atoms with Gasteiger partial charge in [0.1, 0.15) is 6.17 Å². The van der Waals surface area contributed by atoms with E-state index in [0.717, 1.165) is 23.1 Å². The van der Waals surface area contributed by atoms with Crippen LogP contribution in [0.2, 0.25) is 0 Å². The highest BCUT2D eigenvalue weighted by atomic mass is 19.4. The van der Waals surface area contributed by atoms with E-state index in [9.17, 15) is 37.5 Å². The first-order chi connectivity index (χ1) is 16.5. The van der Waals surface area contributed by atoms with E-state index < -0.39 is 47.6 Å². The third-order valence-electron chi connectivity index (χ3n) is 6.03. The van der Waals surface area contributed by atoms with Gasteiger partial charge in [0, 0.05) is 24.2 Å². The van der Waals surface area contributed by atoms with Crippen molar-refractivity contribution in [3.63, 3.8) is 0 Å². The minimum atomic E-state index is -4.59. The lowest BCUT2D eigenvalue weighted by Crippen LogP contribution is -2.63. The molecule has 4 rings (SSSR count). The molecule has 1 saturated heterocycles. The van der Waals surface area contributed by atoms with E-state index in [1.165, 1.54) is 29.2 Å². The molecule has 0 spiro atoms. The van der Waals surface area contributed by atoms with E-state index in [1.807, 2.05) is 0 Å². The van der Waals surface area contributed by atoms with Crippen LogP contribution in [-0.2, 0) is 27.0 Å². The lowest BCUT2D eigenvalue weighted by molar-refractivity contribution is -0.142. The number of halogens is 3. The third-order valence-corrected chi connectivity index (χ3v) is 6.03. The average Bonchev–Trinajstić information content (AvgIpc) is 3.14. The van der Waals surface area contributed by atoms with Crippen LogP contribution in [0.25, 0.3) is 0 Å². The standard InChI is InChI=1S/C24H20F3N3O5/c1-2-19(31)28-17-12-16-15(23(34)35)4-3-5-18(16)29(22(17)30-20(32)10-11-21(30)33)14-8-6-13(7-9-14)24(25,26)27/h2-9,17,22H,1,10-12H2,(H,28,31)(H,34,35). The number of aromatic carboxylic acids is 1. The molecule has 8 nitrogen and oxygen atoms in total. The highest BCUT2D eigenvalue weighted by molar-refractivity contribution is 6.03. The van der Waals surface area contributed by atoms with Gasteiger partial charge in [0.05, 0.1) is 17.2 Å². The minimum Gasteiger partial charge on any atom is -0.478 e. The molecule has 0 aromatic heterocycles. The SMILES string of the molecule is C=CC(=O)NC1Cc2c(C(=O)O)cccc2N(c2ccc(C(F)(F)F)cc2)C1N1C(=O)CCC1=O. The normalized spacial score (nSPS) is 20.0. The van der Waals surface area contributed by atoms with Gasteiger partial charge < -0.3 is 15.3 Å². The molecule has 0 aliphatic carbocycles. The predicted octanol–water partition coefficient (Wildman–Crippen LogP) is 3.24. The quantitative estimate of drug-likeness (QED) is 0.496. The number of carbonyl (C=O) groups excluding carboxylic acids is 3. The molecule has 2 atom stereocenters. The number of likely N-dealkylation sites (tertiary alicyclic amines) is 1. The zero-order valence-electron chi connectivity index (χ0n) is 18.2. The summed E-state index contributed by atoms with van der Waals surface area (Å²) in [4.78, 5) is 52.1. The number of benzene rings is 2. The zero-order valence-corrected chi connectivity index (χ0v) is 18.2. The fraction of sp³-hybridized carbons (Fsp3) is 0.250. The van der Waals surface area contributed by atoms with Gasteiger partial charge in [-0.15, -0.1) is 0 Å². The van der Waals surface area contributed by atoms with E-state index in [2.05, 4.69) is 11.9 Å². The van der Waals surface area contributed by atoms with Crippen LogP contribution in [0, 0.1) is 0 Å². The Labute approximate surface area is 197 Å². The molecule has 0 bridgehead atoms. The van der Waals surface area contributed by atoms with Gasteiger partial charge in [-0.25, -0.2) is 4.79 Å². The molecule has 35 heavy (non-hydrogen) atoms. The van der Waals surface area contributed by atoms with Crippen molar-refractivity contribution < 1.29 is 37.5 Å². The summed E-state index contributed by atoms with van der Waals surface area (Å²) < 4.78 is 39.5. The second-order valence-electron chi connectivity index (χ2n) is 8.12. The van der Waals surface area contributed by atoms with Crippen LogP contribution >= 0.6 is 0 Å². The van der Waals surface area contributed by atoms with Gasteiger partial charge in [-0.1, -0.05) is 12.6 Å². The number of nitrogens with zero attached hydrogens (tertiary/aromatic N) is 2. The molecule has 2 heterocycles. The van der Waals surface area contributed by atoms with Gasteiger partial charge in [0.2, 0.25) is 17.7 Å². The molecule has 0 saturated carbocycles. The van der Waals surface area contributed by atoms with Crippen LogP contribution in [0.5, 0.6) is 0 Å². The van der Waals surface area contributed by atoms with Crippen molar-refractivity contribution in [2.45, 2.75) is 37.6 Å². The lowest BCUT2D eigenvalue weighted by Gasteiger charge is -2.47. The summed E-state index contributed by atoms with van der Waals surface area (Å²) in [6.45, 7) is 3.40. The summed E-state index contributed by atoms with van der Waals surface area (Å²) in [7, 11) is 0. The smallest absolute Gasteiger partial charge is 0.416 e. The third kappa shape index (κ3) is 4.36. The molecule has 2 unspecified atom stereocenters. The second kappa shape index (κ2) is 8.90. The largest absolute Gasteiger partial charge is 0.478 e. The number of amides is 3. The maximum absolute atomic E-state index is 13.2. The Balaban J connectivity index is 1.95. The maximum Gasteiger partial charge on any atom is 0.416 e. The average molecular weight is 487 g/mol. The molecule has 2 aliphatic rings. The number of anilines is 2. The Morgan fingerprint density at radius 1 is 1.03 bits per heavy atom. The fourth-order valence-corrected chi connectivity index (χ4v) is 4.52. The first-order valence-corrected chi connectivity index (χ1v) is 10.6. The topological polar surface area (TPSA) is 107 Å². The number of fused-ring (bicyclic) bond motifs is 1. The molecular formula is C24H20F3N3O5. The summed E-state index contributed by atoms with van der Waals surface area (Å²) in [5.41, 5.74) is -0.207. The van der Waals surface area contributed by atoms with Crippen molar-refractivity contribution in [3.05, 3.63) is 71.8 Å². The summed E-state index contributed by atoms with van der Waals surface area (Å²) in [5, 5.41) is 12.4. The van der Waals surface area contributed by atoms with E-state index in [4.69, 9.17) is 0 Å². The molecule has 0 radical (unpaired) electrons. The van der Waals surface area contributed by atoms with E-state index >= 15 is 0 Å². The van der Waals surface area contributed by atoms with Gasteiger partial charge in [-0.05, 0) is 54.5 Å². The Hall–Kier alpha value is -4.15. The van der Waals surface area contributed by atoms with Crippen LogP contribution in [-0.4, -0.2) is 45.9 Å². The monoisotopic (exact) mass is 487 g/mol. The summed E-state index contributed by atoms with van der Waals surface area (Å²) in [5.74, 6) is -2.88. The number of hydrogen-bond acceptors (Lipinski definition) is 5. The predicted molar refractivity (Wildman–Crippen MR) is 118 cm³/mol. The molecule has 2 aliphatic heterocycles. The van der Waals surface area contributed by atoms with E-state index in [1.54, 1.807) is 6.07 Å². The number of alkyl halides is 3. The van der Waals surface area contributed by atoms with Crippen LogP contribution in [0.1, 0.15) is 34.3 Å². The van der Waals surface area contributed by atoms with E-state index in [-0.39, 0.29) is 30.5 Å². The molecule has 2 aromatic carbocycles. The van der Waals surface area contributed by atoms with Gasteiger partial charge in [0.25, 0.3) is 0 Å². The van der Waals surface area contributed by atoms with Gasteiger partial charge in [0.15, 0.2) is 0 Å². The fourth-order valence-electron chi connectivity index (χ4n) is 4.52. The Kier molecular flexibility index (Phi) is 6.10. The first kappa shape index (κ1) is 24.0. The Morgan fingerprint density at radius 2 is 1.66 bits per heavy atom. The number of imide groups is 1. The summed E-state index contributed by atoms with van der Waals surface area (Å²) >= 11 is 0. The van der Waals surface area contributed by atoms with Crippen LogP contribution in [0.15, 0.2) is 55.1 Å². The highest BCUT2D eigenvalue weighted by Gasteiger charge is 2.47. The van der Waals surface area contributed by atoms with Gasteiger partial charge >= 0.3 is 12.1 Å². The lowest BCUT2D eigenvalue weighted by atomic mass is 9.89. The molecule has 2 aromatic rings. The van der Waals surface area contributed by atoms with Gasteiger partial charge in [-0.3, -0.25) is 19.3 Å². The molecule has 3 amide bonds. The van der Waals surface area contributed by atoms with Crippen molar-refractivity contribution in [1.29, 1.82) is 0 Å². The van der Waals surface area contributed by atoms with Crippen LogP contribution in [0.3, 0.4) is 0 Å². The molecular weight excluding hydrogens is 467 g/mol. The number of nitrogens with one attached hydrogen (secondary N) is 1. The van der Waals surface area contributed by atoms with Crippen molar-refractivity contribution in [2.24, 2.45) is 0 Å². The van der Waals surface area contributed by atoms with Crippen LogP contribution < -0.4 is 10.2 Å². The molecule has 1 fully saturated rings. The Bertz CT molecular complexity index is 1210. The maximum atomic E-state index is 13.2. The van der Waals surface area contributed by atoms with Gasteiger partial charge in [-0.2, -0.15) is 13.2 Å². The minimum absolute atomic E-state index is 0.0454. The van der Waals surface area contributed by atoms with E-state index in [0.29, 0.717) is 11.3 Å². The number of carbonyl (C=O) groups is 4. The zero-order chi connectivity index (χ0) is 25.5. The number of carboxylic acids is 1. The molecule has 11 heteroatoms. The van der Waals surface area contributed by atoms with Crippen molar-refractivity contribution in [3.8, 4) is 0 Å². The molecule has 182 valence electrons. The van der Waals surface area contributed by atoms with Crippen LogP contribution in [0.4, 0.5) is 24.5 Å². The van der Waals surface area contributed by atoms with Crippen molar-refractivity contribution >= 4 is 35.1 Å². The number of rotatable bonds is 5. The van der Waals surface area contributed by atoms with Crippen molar-refractivity contribution in [1.82, 2.24) is 10.2 Å². The Morgan fingerprint density at radius 3 is 2.20 bits per heavy atom. The molecule has 2 N–H and O–H groups in total. The highest BCUT2D eigenvalue weighted by Crippen LogP contribution is 2.42. The summed E-state index contributed by atoms with van der Waals surface area (Å²) in [6.07, 6.45) is -4.90. The second-order valence-corrected chi connectivity index (χ2v) is 8.12. The number of hydrogen-bond donors (Lipinski definition) is 2. The first-order valence-electron chi connectivity index (χ1n) is 10.6.